The van der Waals surface area contributed by atoms with Crippen LogP contribution in [0, 0.1) is 0 Å². The minimum atomic E-state index is -1.63. The first-order chi connectivity index (χ1) is 13.9. The van der Waals surface area contributed by atoms with Gasteiger partial charge < -0.3 is 37.2 Å². The van der Waals surface area contributed by atoms with Crippen LogP contribution in [0.2, 0.25) is 0 Å². The number of nitrogens with two attached hydrogens (primary N) is 2. The van der Waals surface area contributed by atoms with E-state index >= 15 is 0 Å². The van der Waals surface area contributed by atoms with Gasteiger partial charge in [0, 0.05) is 13.0 Å². The van der Waals surface area contributed by atoms with Crippen LogP contribution >= 0.6 is 0 Å². The van der Waals surface area contributed by atoms with Crippen LogP contribution in [0.5, 0.6) is 0 Å². The van der Waals surface area contributed by atoms with E-state index in [4.69, 9.17) is 21.7 Å². The zero-order valence-corrected chi connectivity index (χ0v) is 16.5. The molecule has 1 fully saturated rings. The van der Waals surface area contributed by atoms with E-state index in [0.717, 1.165) is 0 Å². The number of nitrogens with zero attached hydrogens (tertiary/aromatic N) is 1. The molecule has 1 aliphatic rings. The standard InChI is InChI=1S/C17H27N5O8/c1-8(20-14(26)9(18)4-5-12(19)23)16(28)22-6-2-3-11(22)15(27)21-10(17(29)30)7-13(24)25/h8-11H,2-7,18H2,1H3,(H2,19,23)(H,20,26)(H,21,27)(H,24,25)(H,29,30). The molecular formula is C17H27N5O8. The second kappa shape index (κ2) is 11.1. The normalized spacial score (nSPS) is 18.7. The van der Waals surface area contributed by atoms with E-state index < -0.39 is 66.2 Å². The van der Waals surface area contributed by atoms with Gasteiger partial charge in [0.15, 0.2) is 0 Å². The quantitative estimate of drug-likeness (QED) is 0.198. The zero-order chi connectivity index (χ0) is 23.0. The molecule has 0 saturated carbocycles. The Bertz CT molecular complexity index is 712. The Morgan fingerprint density at radius 3 is 2.30 bits per heavy atom. The molecule has 0 spiro atoms. The van der Waals surface area contributed by atoms with E-state index in [0.29, 0.717) is 6.42 Å². The highest BCUT2D eigenvalue weighted by molar-refractivity contribution is 5.95. The van der Waals surface area contributed by atoms with Crippen molar-refractivity contribution in [3.8, 4) is 0 Å². The van der Waals surface area contributed by atoms with Crippen molar-refractivity contribution >= 4 is 35.6 Å². The van der Waals surface area contributed by atoms with Crippen molar-refractivity contribution < 1.29 is 39.0 Å². The molecule has 4 atom stereocenters. The Labute approximate surface area is 172 Å². The lowest BCUT2D eigenvalue weighted by molar-refractivity contribution is -0.148. The lowest BCUT2D eigenvalue weighted by atomic mass is 10.1. The Morgan fingerprint density at radius 2 is 1.77 bits per heavy atom. The van der Waals surface area contributed by atoms with Gasteiger partial charge in [-0.15, -0.1) is 0 Å². The third-order valence-electron chi connectivity index (χ3n) is 4.60. The van der Waals surface area contributed by atoms with E-state index in [9.17, 15) is 28.8 Å². The van der Waals surface area contributed by atoms with Crippen molar-refractivity contribution in [2.24, 2.45) is 11.5 Å². The minimum Gasteiger partial charge on any atom is -0.481 e. The van der Waals surface area contributed by atoms with Crippen molar-refractivity contribution in [2.75, 3.05) is 6.54 Å². The summed E-state index contributed by atoms with van der Waals surface area (Å²) in [6.45, 7) is 1.61. The van der Waals surface area contributed by atoms with Crippen LogP contribution in [0.15, 0.2) is 0 Å². The van der Waals surface area contributed by atoms with Gasteiger partial charge in [0.1, 0.15) is 18.1 Å². The number of hydrogen-bond donors (Lipinski definition) is 6. The van der Waals surface area contributed by atoms with Crippen LogP contribution < -0.4 is 22.1 Å². The van der Waals surface area contributed by atoms with E-state index in [1.807, 2.05) is 0 Å². The third kappa shape index (κ3) is 7.31. The maximum Gasteiger partial charge on any atom is 0.326 e. The molecular weight excluding hydrogens is 402 g/mol. The second-order valence-electron chi connectivity index (χ2n) is 7.03. The molecule has 8 N–H and O–H groups in total. The number of hydrogen-bond acceptors (Lipinski definition) is 7. The summed E-state index contributed by atoms with van der Waals surface area (Å²) in [6.07, 6.45) is -0.157. The number of nitrogens with one attached hydrogen (secondary N) is 2. The Balaban J connectivity index is 2.72. The van der Waals surface area contributed by atoms with Crippen LogP contribution in [0.3, 0.4) is 0 Å². The molecule has 4 amide bonds. The van der Waals surface area contributed by atoms with Gasteiger partial charge in [0.2, 0.25) is 23.6 Å². The smallest absolute Gasteiger partial charge is 0.326 e. The summed E-state index contributed by atoms with van der Waals surface area (Å²) in [5.41, 5.74) is 10.7. The summed E-state index contributed by atoms with van der Waals surface area (Å²) in [5.74, 6) is -5.54. The summed E-state index contributed by atoms with van der Waals surface area (Å²) in [5, 5.41) is 22.4. The Morgan fingerprint density at radius 1 is 1.13 bits per heavy atom. The molecule has 0 bridgehead atoms. The van der Waals surface area contributed by atoms with E-state index in [1.54, 1.807) is 0 Å². The Kier molecular flexibility index (Phi) is 9.17. The number of rotatable bonds is 11. The molecule has 168 valence electrons. The second-order valence-corrected chi connectivity index (χ2v) is 7.03. The predicted octanol–water partition coefficient (Wildman–Crippen LogP) is -2.88. The van der Waals surface area contributed by atoms with E-state index in [-0.39, 0.29) is 25.8 Å². The average molecular weight is 429 g/mol. The number of carbonyl (C=O) groups is 6. The molecule has 0 aliphatic carbocycles. The molecule has 4 unspecified atom stereocenters. The molecule has 1 saturated heterocycles. The molecule has 1 rings (SSSR count). The van der Waals surface area contributed by atoms with Crippen molar-refractivity contribution in [2.45, 2.75) is 63.2 Å². The first-order valence-electron chi connectivity index (χ1n) is 9.33. The molecule has 0 aromatic heterocycles. The maximum absolute atomic E-state index is 12.7. The number of aliphatic carboxylic acids is 2. The first-order valence-corrected chi connectivity index (χ1v) is 9.33. The highest BCUT2D eigenvalue weighted by atomic mass is 16.4. The van der Waals surface area contributed by atoms with Gasteiger partial charge in [0.05, 0.1) is 12.5 Å². The molecule has 0 aromatic rings. The maximum atomic E-state index is 12.7. The summed E-state index contributed by atoms with van der Waals surface area (Å²) in [4.78, 5) is 71.1. The average Bonchev–Trinajstić information content (AvgIpc) is 3.13. The van der Waals surface area contributed by atoms with Crippen LogP contribution in [0.25, 0.3) is 0 Å². The summed E-state index contributed by atoms with van der Waals surface area (Å²) < 4.78 is 0. The van der Waals surface area contributed by atoms with Crippen LogP contribution in [-0.4, -0.2) is 81.4 Å². The molecule has 0 radical (unpaired) electrons. The zero-order valence-electron chi connectivity index (χ0n) is 16.5. The summed E-state index contributed by atoms with van der Waals surface area (Å²) in [6, 6.07) is -4.69. The first kappa shape index (κ1) is 24.8. The number of likely N-dealkylation sites (tertiary alicyclic amines) is 1. The van der Waals surface area contributed by atoms with Crippen molar-refractivity contribution in [3.05, 3.63) is 0 Å². The third-order valence-corrected chi connectivity index (χ3v) is 4.60. The molecule has 13 heteroatoms. The van der Waals surface area contributed by atoms with Gasteiger partial charge in [-0.25, -0.2) is 4.79 Å². The van der Waals surface area contributed by atoms with Gasteiger partial charge in [-0.2, -0.15) is 0 Å². The van der Waals surface area contributed by atoms with Gasteiger partial charge in [-0.1, -0.05) is 0 Å². The fourth-order valence-corrected chi connectivity index (χ4v) is 3.01. The molecule has 0 aromatic carbocycles. The van der Waals surface area contributed by atoms with Gasteiger partial charge in [-0.3, -0.25) is 24.0 Å². The predicted molar refractivity (Wildman–Crippen MR) is 101 cm³/mol. The van der Waals surface area contributed by atoms with Crippen molar-refractivity contribution in [3.63, 3.8) is 0 Å². The fourth-order valence-electron chi connectivity index (χ4n) is 3.01. The minimum absolute atomic E-state index is 0.0109. The molecule has 1 heterocycles. The monoisotopic (exact) mass is 429 g/mol. The number of amides is 4. The number of carboxylic acids is 2. The fraction of sp³-hybridized carbons (Fsp3) is 0.647. The van der Waals surface area contributed by atoms with Crippen LogP contribution in [0.4, 0.5) is 0 Å². The van der Waals surface area contributed by atoms with Crippen LogP contribution in [-0.2, 0) is 28.8 Å². The molecule has 1 aliphatic heterocycles. The highest BCUT2D eigenvalue weighted by Gasteiger charge is 2.38. The molecule has 30 heavy (non-hydrogen) atoms. The number of primary amides is 1. The van der Waals surface area contributed by atoms with E-state index in [2.05, 4.69) is 10.6 Å². The van der Waals surface area contributed by atoms with E-state index in [1.165, 1.54) is 11.8 Å². The Hall–Kier alpha value is -3.22. The van der Waals surface area contributed by atoms with Crippen molar-refractivity contribution in [1.82, 2.24) is 15.5 Å². The number of carbonyl (C=O) groups excluding carboxylic acids is 4. The summed E-state index contributed by atoms with van der Waals surface area (Å²) in [7, 11) is 0. The van der Waals surface area contributed by atoms with Crippen LogP contribution in [0.1, 0.15) is 39.0 Å². The van der Waals surface area contributed by atoms with Gasteiger partial charge >= 0.3 is 11.9 Å². The summed E-state index contributed by atoms with van der Waals surface area (Å²) >= 11 is 0. The SMILES string of the molecule is CC(NC(=O)C(N)CCC(N)=O)C(=O)N1CCCC1C(=O)NC(CC(=O)O)C(=O)O. The lowest BCUT2D eigenvalue weighted by Gasteiger charge is -2.28. The number of carboxylic acid groups (broad SMARTS) is 2. The highest BCUT2D eigenvalue weighted by Crippen LogP contribution is 2.19. The van der Waals surface area contributed by atoms with Gasteiger partial charge in [0.25, 0.3) is 0 Å². The van der Waals surface area contributed by atoms with Crippen molar-refractivity contribution in [1.29, 1.82) is 0 Å². The lowest BCUT2D eigenvalue weighted by Crippen LogP contribution is -2.56. The largest absolute Gasteiger partial charge is 0.481 e. The molecule has 13 nitrogen and oxygen atoms in total. The van der Waals surface area contributed by atoms with Gasteiger partial charge in [-0.05, 0) is 26.2 Å². The topological polar surface area (TPSA) is 222 Å².